The van der Waals surface area contributed by atoms with E-state index < -0.39 is 35.6 Å². The van der Waals surface area contributed by atoms with Crippen molar-refractivity contribution >= 4 is 52.9 Å². The molecule has 2 saturated carbocycles. The van der Waals surface area contributed by atoms with Crippen LogP contribution in [0.15, 0.2) is 42.5 Å². The zero-order chi connectivity index (χ0) is 62.3. The van der Waals surface area contributed by atoms with Gasteiger partial charge in [-0.2, -0.15) is 0 Å². The second-order valence-electron chi connectivity index (χ2n) is 26.1. The first-order chi connectivity index (χ1) is 40.5. The van der Waals surface area contributed by atoms with Crippen LogP contribution in [0.25, 0.3) is 0 Å². The first-order valence-corrected chi connectivity index (χ1v) is 32.0. The van der Waals surface area contributed by atoms with Crippen LogP contribution in [0.3, 0.4) is 0 Å². The Kier molecular flexibility index (Phi) is 25.5. The van der Waals surface area contributed by atoms with Gasteiger partial charge in [0.1, 0.15) is 5.78 Å². The van der Waals surface area contributed by atoms with Crippen molar-refractivity contribution in [3.05, 3.63) is 48.0 Å². The lowest BCUT2D eigenvalue weighted by Crippen LogP contribution is -2.55. The Morgan fingerprint density at radius 1 is 0.800 bits per heavy atom. The molecule has 85 heavy (non-hydrogen) atoms. The van der Waals surface area contributed by atoms with Crippen LogP contribution in [0, 0.1) is 46.3 Å². The van der Waals surface area contributed by atoms with Gasteiger partial charge in [-0.3, -0.25) is 68.2 Å². The number of likely N-dealkylation sites (tertiary alicyclic amines) is 1. The topological polar surface area (TPSA) is 222 Å². The summed E-state index contributed by atoms with van der Waals surface area (Å²) < 4.78 is 12.5. The molecule has 2 saturated heterocycles. The maximum Gasteiger partial charge on any atom is 0.253 e. The van der Waals surface area contributed by atoms with Gasteiger partial charge in [-0.15, -0.1) is 0 Å². The molecule has 19 heteroatoms. The van der Waals surface area contributed by atoms with Gasteiger partial charge in [0.05, 0.1) is 48.8 Å². The van der Waals surface area contributed by atoms with Crippen LogP contribution in [0.1, 0.15) is 182 Å². The predicted octanol–water partition coefficient (Wildman–Crippen LogP) is 8.00. The minimum absolute atomic E-state index is 0.0235. The Labute approximate surface area is 506 Å². The SMILES string of the molecule is CC[C@H](C)[C@@]1([C@@H](CC(=O)N2CCC[C@H]2C(OC)[C@@H](C)C(=O)CCC[C@@]2(C(=O)N3CCCCO3)C[C@@H]2c2ccccc2)OC)CC1CC(C)C(=O)[C@@H](NC(=O)[C@H](C(C)C)N(C)CCCC(=O)N(C)NC(=O)CCCCCN1C(=O)C=CC1=O)C(C)C. The van der Waals surface area contributed by atoms with E-state index in [1.54, 1.807) is 19.3 Å². The molecule has 3 heterocycles. The Balaban J connectivity index is 0.983. The zero-order valence-corrected chi connectivity index (χ0v) is 53.4. The number of amides is 7. The molecule has 12 atom stereocenters. The van der Waals surface area contributed by atoms with Crippen molar-refractivity contribution in [3.8, 4) is 0 Å². The van der Waals surface area contributed by atoms with Crippen LogP contribution < -0.4 is 10.7 Å². The minimum Gasteiger partial charge on any atom is -0.380 e. The highest BCUT2D eigenvalue weighted by atomic mass is 16.7. The van der Waals surface area contributed by atoms with E-state index in [1.165, 1.54) is 29.1 Å². The number of hydrogen-bond acceptors (Lipinski definition) is 13. The predicted molar refractivity (Wildman–Crippen MR) is 323 cm³/mol. The zero-order valence-electron chi connectivity index (χ0n) is 53.4. The third-order valence-electron chi connectivity index (χ3n) is 19.7. The van der Waals surface area contributed by atoms with Gasteiger partial charge >= 0.3 is 0 Å². The lowest BCUT2D eigenvalue weighted by molar-refractivity contribution is -0.203. The molecular formula is C66H103N7O12. The van der Waals surface area contributed by atoms with Crippen LogP contribution in [0.2, 0.25) is 0 Å². The highest BCUT2D eigenvalue weighted by Gasteiger charge is 2.63. The minimum atomic E-state index is -0.732. The number of hydroxylamine groups is 2. The molecule has 0 radical (unpaired) electrons. The van der Waals surface area contributed by atoms with E-state index in [4.69, 9.17) is 14.3 Å². The number of likely N-dealkylation sites (N-methyl/N-ethyl adjacent to an activating group) is 1. The maximum atomic E-state index is 14.7. The number of benzene rings is 1. The Morgan fingerprint density at radius 3 is 2.13 bits per heavy atom. The number of ketones is 2. The summed E-state index contributed by atoms with van der Waals surface area (Å²) in [5.41, 5.74) is 2.83. The van der Waals surface area contributed by atoms with E-state index >= 15 is 0 Å². The molecule has 1 aromatic rings. The highest BCUT2D eigenvalue weighted by Crippen LogP contribution is 2.65. The van der Waals surface area contributed by atoms with Crippen molar-refractivity contribution in [3.63, 3.8) is 0 Å². The summed E-state index contributed by atoms with van der Waals surface area (Å²) in [4.78, 5) is 132. The number of unbranched alkanes of at least 4 members (excludes halogenated alkanes) is 2. The van der Waals surface area contributed by atoms with Crippen LogP contribution in [-0.2, 0) is 57.5 Å². The number of nitrogens with one attached hydrogen (secondary N) is 2. The fourth-order valence-electron chi connectivity index (χ4n) is 14.5. The highest BCUT2D eigenvalue weighted by molar-refractivity contribution is 6.12. The van der Waals surface area contributed by atoms with Gasteiger partial charge in [-0.1, -0.05) is 98.6 Å². The molecule has 0 bridgehead atoms. The fourth-order valence-corrected chi connectivity index (χ4v) is 14.5. The average molecular weight is 1190 g/mol. The van der Waals surface area contributed by atoms with Gasteiger partial charge in [-0.05, 0) is 126 Å². The molecule has 2 aliphatic carbocycles. The Hall–Kier alpha value is -5.37. The van der Waals surface area contributed by atoms with Gasteiger partial charge in [-0.25, -0.2) is 5.06 Å². The van der Waals surface area contributed by atoms with Gasteiger partial charge in [0.25, 0.3) is 17.7 Å². The summed E-state index contributed by atoms with van der Waals surface area (Å²) >= 11 is 0. The smallest absolute Gasteiger partial charge is 0.253 e. The standard InChI is InChI=1S/C66H103N7O12/c1-13-46(7)66(53(83-11)40-58(79)71-36-23-27-51(71)62(84-12)47(8)52(74)28-22-33-65(64(82)73-37-20-21-38-85-73)42-50(65)48-25-16-14-17-26-48)41-49(66)39-45(6)61(80)59(43(2)3)67-63(81)60(44(4)5)69(9)34-24-30-55(76)70(10)68-54(75)29-18-15-19-35-72-56(77)31-32-57(72)78/h14,16-17,25-26,31-32,43-47,49-51,53,59-60,62H,13,15,18-24,27-30,33-42H2,1-12H3,(H,67,81)(H,68,75)/t45?,46-,47-,49?,50+,51-,53+,59-,60-,62?,65+,66-/m0/s1. The third kappa shape index (κ3) is 17.0. The van der Waals surface area contributed by atoms with Crippen LogP contribution in [-0.4, -0.2) is 169 Å². The lowest BCUT2D eigenvalue weighted by Gasteiger charge is -2.37. The summed E-state index contributed by atoms with van der Waals surface area (Å²) in [7, 11) is 6.64. The quantitative estimate of drug-likeness (QED) is 0.0374. The van der Waals surface area contributed by atoms with Crippen molar-refractivity contribution < 1.29 is 57.5 Å². The summed E-state index contributed by atoms with van der Waals surface area (Å²) in [6.07, 6.45) is 12.1. The number of carbonyl (C=O) groups is 9. The molecule has 0 aromatic heterocycles. The van der Waals surface area contributed by atoms with Crippen molar-refractivity contribution in [1.82, 2.24) is 35.5 Å². The largest absolute Gasteiger partial charge is 0.380 e. The van der Waals surface area contributed by atoms with Crippen LogP contribution in [0.5, 0.6) is 0 Å². The number of rotatable bonds is 35. The molecule has 1 aromatic carbocycles. The number of carbonyl (C=O) groups excluding carboxylic acids is 9. The normalized spacial score (nSPS) is 24.5. The lowest BCUT2D eigenvalue weighted by atomic mass is 9.77. The molecular weight excluding hydrogens is 1080 g/mol. The van der Waals surface area contributed by atoms with E-state index in [-0.39, 0.29) is 119 Å². The van der Waals surface area contributed by atoms with E-state index in [9.17, 15) is 43.2 Å². The van der Waals surface area contributed by atoms with Crippen molar-refractivity contribution in [2.45, 2.75) is 207 Å². The van der Waals surface area contributed by atoms with Crippen molar-refractivity contribution in [1.29, 1.82) is 0 Å². The summed E-state index contributed by atoms with van der Waals surface area (Å²) in [5, 5.41) is 5.89. The summed E-state index contributed by atoms with van der Waals surface area (Å²) in [6.45, 7) is 18.4. The summed E-state index contributed by atoms with van der Waals surface area (Å²) in [6, 6.07) is 8.56. The second-order valence-corrected chi connectivity index (χ2v) is 26.1. The first-order valence-electron chi connectivity index (χ1n) is 32.0. The molecule has 0 spiro atoms. The fraction of sp³-hybridized carbons (Fsp3) is 0.742. The second kappa shape index (κ2) is 31.5. The average Bonchev–Trinajstić information content (AvgIpc) is 2.41. The van der Waals surface area contributed by atoms with Gasteiger partial charge < -0.3 is 19.7 Å². The monoisotopic (exact) mass is 1190 g/mol. The van der Waals surface area contributed by atoms with E-state index in [1.807, 2.05) is 76.6 Å². The number of methoxy groups -OCH3 is 2. The van der Waals surface area contributed by atoms with Crippen molar-refractivity contribution in [2.24, 2.45) is 46.3 Å². The van der Waals surface area contributed by atoms with E-state index in [0.29, 0.717) is 90.6 Å². The van der Waals surface area contributed by atoms with E-state index in [2.05, 4.69) is 36.7 Å². The number of ether oxygens (including phenoxy) is 2. The number of imide groups is 1. The number of hydrogen-bond donors (Lipinski definition) is 2. The molecule has 2 N–H and O–H groups in total. The molecule has 19 nitrogen and oxygen atoms in total. The Bertz CT molecular complexity index is 2480. The molecule has 4 fully saturated rings. The number of Topliss-reactive ketones (excluding diaryl/α,β-unsaturated/α-hetero) is 2. The maximum absolute atomic E-state index is 14.7. The summed E-state index contributed by atoms with van der Waals surface area (Å²) in [5.74, 6) is -2.25. The van der Waals surface area contributed by atoms with Gasteiger partial charge in [0, 0.05) is 89.6 Å². The molecule has 7 amide bonds. The molecule has 3 unspecified atom stereocenters. The van der Waals surface area contributed by atoms with Crippen LogP contribution >= 0.6 is 0 Å². The first kappa shape index (κ1) is 68.7. The van der Waals surface area contributed by atoms with Crippen molar-refractivity contribution in [2.75, 3.05) is 61.1 Å². The van der Waals surface area contributed by atoms with Gasteiger partial charge in [0.15, 0.2) is 5.78 Å². The molecule has 474 valence electrons. The Morgan fingerprint density at radius 2 is 1.51 bits per heavy atom. The van der Waals surface area contributed by atoms with Gasteiger partial charge in [0.2, 0.25) is 23.6 Å². The van der Waals surface area contributed by atoms with E-state index in [0.717, 1.165) is 44.1 Å². The molecule has 5 aliphatic rings. The third-order valence-corrected chi connectivity index (χ3v) is 19.7. The molecule has 6 rings (SSSR count). The van der Waals surface area contributed by atoms with Crippen LogP contribution in [0.4, 0.5) is 0 Å². The number of hydrazine groups is 1. The number of nitrogens with zero attached hydrogens (tertiary/aromatic N) is 5. The molecule has 3 aliphatic heterocycles.